The highest BCUT2D eigenvalue weighted by Crippen LogP contribution is 2.17. The van der Waals surface area contributed by atoms with E-state index in [9.17, 15) is 24.6 Å². The summed E-state index contributed by atoms with van der Waals surface area (Å²) in [6.07, 6.45) is 3.47. The van der Waals surface area contributed by atoms with E-state index in [1.807, 2.05) is 6.92 Å². The summed E-state index contributed by atoms with van der Waals surface area (Å²) in [7, 11) is 3.09. The standard InChI is InChI=1S/C18H33N3O6/c1-4-14(13-23)17(25)15(27-3)7-5-9-19-18(26)20-10-11-21(2)16(24)8-6-12-22/h6,8,12,14-15,17,23,25H,4-5,7,9-11,13H2,1-3H3,(H2,19,20,26)/b8-6-. The molecule has 0 aromatic rings. The van der Waals surface area contributed by atoms with Gasteiger partial charge in [0.05, 0.1) is 12.2 Å². The summed E-state index contributed by atoms with van der Waals surface area (Å²) < 4.78 is 5.29. The molecule has 0 saturated heterocycles. The molecule has 0 fully saturated rings. The number of aliphatic hydroxyl groups is 2. The molecule has 0 rings (SSSR count). The molecule has 9 nitrogen and oxygen atoms in total. The Labute approximate surface area is 160 Å². The van der Waals surface area contributed by atoms with Crippen LogP contribution in [0.15, 0.2) is 12.2 Å². The molecule has 0 radical (unpaired) electrons. The van der Waals surface area contributed by atoms with Crippen LogP contribution in [0.1, 0.15) is 26.2 Å². The average Bonchev–Trinajstić information content (AvgIpc) is 2.66. The summed E-state index contributed by atoms with van der Waals surface area (Å²) in [5.41, 5.74) is 0. The maximum absolute atomic E-state index is 11.7. The van der Waals surface area contributed by atoms with E-state index in [1.165, 1.54) is 12.0 Å². The zero-order valence-corrected chi connectivity index (χ0v) is 16.4. The number of nitrogens with zero attached hydrogens (tertiary/aromatic N) is 1. The Morgan fingerprint density at radius 3 is 2.48 bits per heavy atom. The van der Waals surface area contributed by atoms with Gasteiger partial charge in [-0.15, -0.1) is 0 Å². The van der Waals surface area contributed by atoms with Gasteiger partial charge in [0.1, 0.15) is 6.29 Å². The van der Waals surface area contributed by atoms with Crippen LogP contribution in [-0.4, -0.2) is 85.9 Å². The normalized spacial score (nSPS) is 14.4. The van der Waals surface area contributed by atoms with Crippen LogP contribution < -0.4 is 10.6 Å². The van der Waals surface area contributed by atoms with E-state index in [-0.39, 0.29) is 31.0 Å². The van der Waals surface area contributed by atoms with Crippen molar-refractivity contribution in [3.63, 3.8) is 0 Å². The van der Waals surface area contributed by atoms with Gasteiger partial charge >= 0.3 is 6.03 Å². The molecule has 0 bridgehead atoms. The van der Waals surface area contributed by atoms with Crippen molar-refractivity contribution in [3.8, 4) is 0 Å². The number of ether oxygens (including phenoxy) is 1. The maximum Gasteiger partial charge on any atom is 0.314 e. The number of likely N-dealkylation sites (N-methyl/N-ethyl adjacent to an activating group) is 1. The number of amides is 3. The van der Waals surface area contributed by atoms with Crippen LogP contribution in [0.4, 0.5) is 4.79 Å². The molecule has 0 aromatic heterocycles. The SMILES string of the molecule is CCC(CO)C(O)C(CCCNC(=O)NCCN(C)C(=O)/C=C\C=O)OC. The summed E-state index contributed by atoms with van der Waals surface area (Å²) in [4.78, 5) is 34.8. The van der Waals surface area contributed by atoms with Crippen molar-refractivity contribution in [1.29, 1.82) is 0 Å². The topological polar surface area (TPSA) is 128 Å². The molecule has 0 saturated carbocycles. The zero-order chi connectivity index (χ0) is 20.7. The monoisotopic (exact) mass is 387 g/mol. The number of methoxy groups -OCH3 is 1. The zero-order valence-electron chi connectivity index (χ0n) is 16.4. The summed E-state index contributed by atoms with van der Waals surface area (Å²) >= 11 is 0. The van der Waals surface area contributed by atoms with Gasteiger partial charge < -0.3 is 30.5 Å². The lowest BCUT2D eigenvalue weighted by molar-refractivity contribution is -0.124. The van der Waals surface area contributed by atoms with Gasteiger partial charge in [0.2, 0.25) is 5.91 Å². The van der Waals surface area contributed by atoms with Gasteiger partial charge in [-0.1, -0.05) is 6.92 Å². The Bertz CT molecular complexity index is 468. The molecule has 3 atom stereocenters. The molecule has 156 valence electrons. The second-order valence-corrected chi connectivity index (χ2v) is 6.20. The fourth-order valence-corrected chi connectivity index (χ4v) is 2.47. The van der Waals surface area contributed by atoms with Crippen LogP contribution in [-0.2, 0) is 14.3 Å². The summed E-state index contributed by atoms with van der Waals surface area (Å²) in [6.45, 7) is 2.79. The first kappa shape index (κ1) is 25.0. The third-order valence-electron chi connectivity index (χ3n) is 4.30. The summed E-state index contributed by atoms with van der Waals surface area (Å²) in [5, 5.41) is 24.8. The number of nitrogens with one attached hydrogen (secondary N) is 2. The maximum atomic E-state index is 11.7. The first-order valence-corrected chi connectivity index (χ1v) is 9.11. The van der Waals surface area contributed by atoms with E-state index >= 15 is 0 Å². The molecular formula is C18H33N3O6. The van der Waals surface area contributed by atoms with E-state index in [0.717, 1.165) is 12.2 Å². The van der Waals surface area contributed by atoms with E-state index in [1.54, 1.807) is 7.05 Å². The Hall–Kier alpha value is -1.97. The molecular weight excluding hydrogens is 354 g/mol. The number of hydrogen-bond acceptors (Lipinski definition) is 6. The number of aldehydes is 1. The fourth-order valence-electron chi connectivity index (χ4n) is 2.47. The molecule has 3 unspecified atom stereocenters. The minimum atomic E-state index is -0.750. The van der Waals surface area contributed by atoms with Crippen molar-refractivity contribution in [2.24, 2.45) is 5.92 Å². The van der Waals surface area contributed by atoms with E-state index in [2.05, 4.69) is 10.6 Å². The summed E-state index contributed by atoms with van der Waals surface area (Å²) in [6, 6.07) is -0.351. The Morgan fingerprint density at radius 2 is 1.93 bits per heavy atom. The molecule has 0 spiro atoms. The Kier molecular flexibility index (Phi) is 14.0. The highest BCUT2D eigenvalue weighted by molar-refractivity contribution is 5.90. The van der Waals surface area contributed by atoms with Crippen molar-refractivity contribution >= 4 is 18.2 Å². The predicted molar refractivity (Wildman–Crippen MR) is 101 cm³/mol. The largest absolute Gasteiger partial charge is 0.396 e. The number of carbonyl (C=O) groups is 3. The second kappa shape index (κ2) is 15.1. The number of aliphatic hydroxyl groups excluding tert-OH is 2. The first-order chi connectivity index (χ1) is 12.9. The van der Waals surface area contributed by atoms with Crippen molar-refractivity contribution in [2.75, 3.05) is 40.4 Å². The van der Waals surface area contributed by atoms with Crippen LogP contribution in [0.3, 0.4) is 0 Å². The molecule has 3 amide bonds. The van der Waals surface area contributed by atoms with Crippen molar-refractivity contribution in [3.05, 3.63) is 12.2 Å². The van der Waals surface area contributed by atoms with E-state index < -0.39 is 12.2 Å². The van der Waals surface area contributed by atoms with Crippen LogP contribution >= 0.6 is 0 Å². The number of allylic oxidation sites excluding steroid dienone is 1. The fraction of sp³-hybridized carbons (Fsp3) is 0.722. The smallest absolute Gasteiger partial charge is 0.314 e. The Balaban J connectivity index is 4.00. The first-order valence-electron chi connectivity index (χ1n) is 9.11. The van der Waals surface area contributed by atoms with Crippen LogP contribution in [0.5, 0.6) is 0 Å². The van der Waals surface area contributed by atoms with E-state index in [4.69, 9.17) is 4.74 Å². The lowest BCUT2D eigenvalue weighted by atomic mass is 9.93. The average molecular weight is 387 g/mol. The van der Waals surface area contributed by atoms with Gasteiger partial charge in [-0.2, -0.15) is 0 Å². The van der Waals surface area contributed by atoms with E-state index in [0.29, 0.717) is 38.6 Å². The van der Waals surface area contributed by atoms with Crippen LogP contribution in [0.2, 0.25) is 0 Å². The predicted octanol–water partition coefficient (Wildman–Crippen LogP) is -0.326. The molecule has 0 aliphatic carbocycles. The van der Waals surface area contributed by atoms with Crippen LogP contribution in [0, 0.1) is 5.92 Å². The van der Waals surface area contributed by atoms with Gasteiger partial charge in [0, 0.05) is 52.4 Å². The molecule has 0 heterocycles. The van der Waals surface area contributed by atoms with Gasteiger partial charge in [0.25, 0.3) is 0 Å². The molecule has 4 N–H and O–H groups in total. The molecule has 27 heavy (non-hydrogen) atoms. The number of rotatable bonds is 14. The van der Waals surface area contributed by atoms with Crippen molar-refractivity contribution < 1.29 is 29.3 Å². The molecule has 0 aliphatic rings. The number of carbonyl (C=O) groups excluding carboxylic acids is 3. The lowest BCUT2D eigenvalue weighted by Crippen LogP contribution is -2.41. The van der Waals surface area contributed by atoms with Gasteiger partial charge in [-0.3, -0.25) is 9.59 Å². The highest BCUT2D eigenvalue weighted by Gasteiger charge is 2.25. The van der Waals surface area contributed by atoms with Crippen LogP contribution in [0.25, 0.3) is 0 Å². The minimum absolute atomic E-state index is 0.0972. The quantitative estimate of drug-likeness (QED) is 0.184. The van der Waals surface area contributed by atoms with Gasteiger partial charge in [0.15, 0.2) is 0 Å². The third-order valence-corrected chi connectivity index (χ3v) is 4.30. The minimum Gasteiger partial charge on any atom is -0.396 e. The van der Waals surface area contributed by atoms with Gasteiger partial charge in [-0.05, 0) is 25.3 Å². The molecule has 9 heteroatoms. The van der Waals surface area contributed by atoms with Crippen molar-refractivity contribution in [1.82, 2.24) is 15.5 Å². The highest BCUT2D eigenvalue weighted by atomic mass is 16.5. The third kappa shape index (κ3) is 10.7. The Morgan fingerprint density at radius 1 is 1.26 bits per heavy atom. The van der Waals surface area contributed by atoms with Crippen molar-refractivity contribution in [2.45, 2.75) is 38.4 Å². The van der Waals surface area contributed by atoms with Gasteiger partial charge in [-0.25, -0.2) is 4.79 Å². The molecule has 0 aromatic carbocycles. The number of urea groups is 1. The number of hydrogen-bond donors (Lipinski definition) is 4. The lowest BCUT2D eigenvalue weighted by Gasteiger charge is -2.27. The molecule has 0 aliphatic heterocycles. The second-order valence-electron chi connectivity index (χ2n) is 6.20. The summed E-state index contributed by atoms with van der Waals surface area (Å²) in [5.74, 6) is -0.547.